The molecule has 6 heteroatoms. The maximum absolute atomic E-state index is 15.0. The zero-order chi connectivity index (χ0) is 18.8. The van der Waals surface area contributed by atoms with Crippen LogP contribution in [0.5, 0.6) is 0 Å². The smallest absolute Gasteiger partial charge is 0.306 e. The number of halogens is 1. The summed E-state index contributed by atoms with van der Waals surface area (Å²) in [7, 11) is 0. The largest absolute Gasteiger partial charge is 0.481 e. The zero-order valence-electron chi connectivity index (χ0n) is 16.2. The summed E-state index contributed by atoms with van der Waals surface area (Å²) in [6, 6.07) is 0. The molecule has 3 saturated carbocycles. The number of hydroxylamine groups is 1. The zero-order valence-corrected chi connectivity index (χ0v) is 16.2. The third kappa shape index (κ3) is 4.48. The molecule has 27 heavy (non-hydrogen) atoms. The van der Waals surface area contributed by atoms with Crippen LogP contribution in [0.1, 0.15) is 77.0 Å². The van der Waals surface area contributed by atoms with E-state index in [0.29, 0.717) is 18.8 Å². The number of nitrogens with one attached hydrogen (secondary N) is 2. The maximum atomic E-state index is 15.0. The molecule has 0 radical (unpaired) electrons. The van der Waals surface area contributed by atoms with Crippen LogP contribution in [0, 0.1) is 29.6 Å². The highest BCUT2D eigenvalue weighted by Gasteiger charge is 2.44. The second-order valence-electron chi connectivity index (χ2n) is 9.41. The summed E-state index contributed by atoms with van der Waals surface area (Å²) in [5, 5.41) is 12.7. The molecule has 1 saturated heterocycles. The van der Waals surface area contributed by atoms with E-state index >= 15 is 4.39 Å². The fourth-order valence-electron chi connectivity index (χ4n) is 6.13. The van der Waals surface area contributed by atoms with Gasteiger partial charge in [0, 0.05) is 5.92 Å². The first kappa shape index (κ1) is 19.6. The van der Waals surface area contributed by atoms with E-state index in [9.17, 15) is 9.90 Å². The Morgan fingerprint density at radius 1 is 0.889 bits per heavy atom. The fraction of sp³-hybridized carbons (Fsp3) is 0.952. The van der Waals surface area contributed by atoms with Crippen LogP contribution in [0.15, 0.2) is 0 Å². The molecule has 154 valence electrons. The van der Waals surface area contributed by atoms with Crippen molar-refractivity contribution in [3.63, 3.8) is 0 Å². The summed E-state index contributed by atoms with van der Waals surface area (Å²) < 4.78 is 15.0. The molecule has 0 aromatic heterocycles. The number of aliphatic carboxylic acids is 1. The van der Waals surface area contributed by atoms with Gasteiger partial charge in [0.2, 0.25) is 0 Å². The molecule has 3 aliphatic carbocycles. The van der Waals surface area contributed by atoms with Gasteiger partial charge in [0.1, 0.15) is 12.4 Å². The molecule has 1 aliphatic heterocycles. The van der Waals surface area contributed by atoms with E-state index in [1.54, 1.807) is 0 Å². The standard InChI is InChI=1S/C21H35FN2O3/c22-18-12-14(13-5-2-1-3-6-13)9-10-17(18)20-23-19(24-27-20)15-7-4-8-16(11-15)21(25)26/h13-20,23-24H,1-12H2,(H,25,26). The Morgan fingerprint density at radius 3 is 2.41 bits per heavy atom. The Hall–Kier alpha value is -0.720. The normalized spacial score (nSPS) is 44.3. The van der Waals surface area contributed by atoms with Crippen molar-refractivity contribution in [3.8, 4) is 0 Å². The molecule has 7 atom stereocenters. The molecular weight excluding hydrogens is 347 g/mol. The number of carboxylic acids is 1. The molecule has 0 aromatic rings. The minimum Gasteiger partial charge on any atom is -0.481 e. The summed E-state index contributed by atoms with van der Waals surface area (Å²) in [6.07, 6.45) is 11.5. The van der Waals surface area contributed by atoms with E-state index in [0.717, 1.165) is 38.0 Å². The van der Waals surface area contributed by atoms with Crippen molar-refractivity contribution in [3.05, 3.63) is 0 Å². The van der Waals surface area contributed by atoms with Gasteiger partial charge in [-0.25, -0.2) is 4.39 Å². The maximum Gasteiger partial charge on any atom is 0.306 e. The van der Waals surface area contributed by atoms with Gasteiger partial charge in [0.15, 0.2) is 0 Å². The van der Waals surface area contributed by atoms with Crippen molar-refractivity contribution in [2.75, 3.05) is 0 Å². The van der Waals surface area contributed by atoms with Gasteiger partial charge in [-0.2, -0.15) is 5.48 Å². The number of carboxylic acid groups (broad SMARTS) is 1. The first-order valence-electron chi connectivity index (χ1n) is 11.2. The molecule has 5 nitrogen and oxygen atoms in total. The average Bonchev–Trinajstić information content (AvgIpc) is 3.18. The second kappa shape index (κ2) is 8.75. The van der Waals surface area contributed by atoms with Crippen molar-refractivity contribution in [1.29, 1.82) is 0 Å². The van der Waals surface area contributed by atoms with Crippen LogP contribution in [-0.2, 0) is 9.63 Å². The molecular formula is C21H35FN2O3. The van der Waals surface area contributed by atoms with Crippen molar-refractivity contribution >= 4 is 5.97 Å². The Bertz CT molecular complexity index is 514. The number of alkyl halides is 1. The highest BCUT2D eigenvalue weighted by Crippen LogP contribution is 2.42. The summed E-state index contributed by atoms with van der Waals surface area (Å²) >= 11 is 0. The Balaban J connectivity index is 1.28. The second-order valence-corrected chi connectivity index (χ2v) is 9.41. The van der Waals surface area contributed by atoms with Gasteiger partial charge in [-0.15, -0.1) is 0 Å². The Kier molecular flexibility index (Phi) is 6.35. The lowest BCUT2D eigenvalue weighted by Gasteiger charge is -2.39. The molecule has 0 aromatic carbocycles. The Labute approximate surface area is 161 Å². The number of rotatable bonds is 4. The SMILES string of the molecule is O=C(O)C1CCCC(C2NOC(C3CCC(C4CCCCC4)CC3F)N2)C1. The van der Waals surface area contributed by atoms with Gasteiger partial charge in [-0.1, -0.05) is 38.5 Å². The molecule has 0 bridgehead atoms. The molecule has 4 fully saturated rings. The third-order valence-electron chi connectivity index (χ3n) is 7.77. The minimum atomic E-state index is -0.804. The summed E-state index contributed by atoms with van der Waals surface area (Å²) in [5.41, 5.74) is 3.06. The Morgan fingerprint density at radius 2 is 1.67 bits per heavy atom. The fourth-order valence-corrected chi connectivity index (χ4v) is 6.13. The van der Waals surface area contributed by atoms with Crippen LogP contribution in [0.3, 0.4) is 0 Å². The highest BCUT2D eigenvalue weighted by atomic mass is 19.1. The molecule has 0 amide bonds. The first-order valence-corrected chi connectivity index (χ1v) is 11.2. The van der Waals surface area contributed by atoms with E-state index in [-0.39, 0.29) is 30.1 Å². The van der Waals surface area contributed by atoms with Crippen LogP contribution >= 0.6 is 0 Å². The van der Waals surface area contributed by atoms with E-state index in [1.165, 1.54) is 32.1 Å². The lowest BCUT2D eigenvalue weighted by atomic mass is 9.70. The first-order chi connectivity index (χ1) is 13.1. The van der Waals surface area contributed by atoms with Crippen LogP contribution < -0.4 is 10.8 Å². The van der Waals surface area contributed by atoms with Gasteiger partial charge in [0.25, 0.3) is 0 Å². The van der Waals surface area contributed by atoms with Crippen molar-refractivity contribution in [2.24, 2.45) is 29.6 Å². The van der Waals surface area contributed by atoms with E-state index in [4.69, 9.17) is 4.84 Å². The monoisotopic (exact) mass is 382 g/mol. The van der Waals surface area contributed by atoms with Gasteiger partial charge < -0.3 is 5.11 Å². The van der Waals surface area contributed by atoms with Crippen LogP contribution in [0.2, 0.25) is 0 Å². The van der Waals surface area contributed by atoms with E-state index in [2.05, 4.69) is 10.8 Å². The molecule has 0 spiro atoms. The highest BCUT2D eigenvalue weighted by molar-refractivity contribution is 5.70. The average molecular weight is 383 g/mol. The van der Waals surface area contributed by atoms with Gasteiger partial charge in [0.05, 0.1) is 12.1 Å². The molecule has 4 aliphatic rings. The van der Waals surface area contributed by atoms with Gasteiger partial charge in [-0.3, -0.25) is 14.9 Å². The van der Waals surface area contributed by atoms with Gasteiger partial charge in [-0.05, 0) is 56.3 Å². The number of hydrogen-bond acceptors (Lipinski definition) is 4. The quantitative estimate of drug-likeness (QED) is 0.686. The van der Waals surface area contributed by atoms with E-state index in [1.807, 2.05) is 0 Å². The lowest BCUT2D eigenvalue weighted by molar-refractivity contribution is -0.143. The third-order valence-corrected chi connectivity index (χ3v) is 7.77. The van der Waals surface area contributed by atoms with Crippen LogP contribution in [-0.4, -0.2) is 29.6 Å². The number of hydrogen-bond donors (Lipinski definition) is 3. The minimum absolute atomic E-state index is 0.0552. The van der Waals surface area contributed by atoms with Crippen LogP contribution in [0.25, 0.3) is 0 Å². The number of carbonyl (C=O) groups is 1. The van der Waals surface area contributed by atoms with Gasteiger partial charge >= 0.3 is 5.97 Å². The van der Waals surface area contributed by atoms with E-state index < -0.39 is 12.1 Å². The molecule has 4 rings (SSSR count). The van der Waals surface area contributed by atoms with Crippen molar-refractivity contribution in [2.45, 2.75) is 95.6 Å². The topological polar surface area (TPSA) is 70.6 Å². The predicted molar refractivity (Wildman–Crippen MR) is 100 cm³/mol. The molecule has 1 heterocycles. The van der Waals surface area contributed by atoms with Crippen LogP contribution in [0.4, 0.5) is 4.39 Å². The summed E-state index contributed by atoms with van der Waals surface area (Å²) in [5.74, 6) is 0.474. The summed E-state index contributed by atoms with van der Waals surface area (Å²) in [4.78, 5) is 17.1. The molecule has 3 N–H and O–H groups in total. The summed E-state index contributed by atoms with van der Waals surface area (Å²) in [6.45, 7) is 0. The van der Waals surface area contributed by atoms with Crippen molar-refractivity contribution in [1.82, 2.24) is 10.8 Å². The predicted octanol–water partition coefficient (Wildman–Crippen LogP) is 3.99. The van der Waals surface area contributed by atoms with Crippen molar-refractivity contribution < 1.29 is 19.1 Å². The molecule has 7 unspecified atom stereocenters. The lowest BCUT2D eigenvalue weighted by Crippen LogP contribution is -2.47.